The highest BCUT2D eigenvalue weighted by molar-refractivity contribution is 5.99. The Bertz CT molecular complexity index is 565. The molecule has 8 nitrogen and oxygen atoms in total. The van der Waals surface area contributed by atoms with Crippen molar-refractivity contribution in [2.24, 2.45) is 5.73 Å². The number of carbonyl (C=O) groups excluding carboxylic acids is 1. The van der Waals surface area contributed by atoms with Crippen molar-refractivity contribution in [2.75, 3.05) is 18.0 Å². The summed E-state index contributed by atoms with van der Waals surface area (Å²) in [5, 5.41) is 22.1. The standard InChI is InChI=1S/C10H10N4O4/c1-12(16)7-5-9(14(17)18)8(13-2-3-13)4-6(7)10(11)15/h4-5H,1-3H2,(H2,11,15). The third-order valence-electron chi connectivity index (χ3n) is 2.61. The van der Waals surface area contributed by atoms with Gasteiger partial charge in [-0.05, 0) is 6.07 Å². The summed E-state index contributed by atoms with van der Waals surface area (Å²) in [4.78, 5) is 23.3. The van der Waals surface area contributed by atoms with Gasteiger partial charge in [0, 0.05) is 13.1 Å². The second-order valence-corrected chi connectivity index (χ2v) is 3.84. The average Bonchev–Trinajstić information content (AvgIpc) is 3.10. The molecule has 0 bridgehead atoms. The molecule has 1 aromatic rings. The number of primary amides is 1. The lowest BCUT2D eigenvalue weighted by Crippen LogP contribution is -2.15. The first kappa shape index (κ1) is 11.8. The number of nitrogens with zero attached hydrogens (tertiary/aromatic N) is 3. The summed E-state index contributed by atoms with van der Waals surface area (Å²) in [5.41, 5.74) is 4.91. The summed E-state index contributed by atoms with van der Waals surface area (Å²) in [6, 6.07) is 2.28. The van der Waals surface area contributed by atoms with Gasteiger partial charge in [0.25, 0.3) is 11.6 Å². The summed E-state index contributed by atoms with van der Waals surface area (Å²) in [5.74, 6) is -0.826. The number of rotatable bonds is 4. The largest absolute Gasteiger partial charge is 0.619 e. The van der Waals surface area contributed by atoms with Crippen molar-refractivity contribution in [3.05, 3.63) is 33.0 Å². The van der Waals surface area contributed by atoms with Gasteiger partial charge in [0.15, 0.2) is 0 Å². The summed E-state index contributed by atoms with van der Waals surface area (Å²) in [6.07, 6.45) is 0. The van der Waals surface area contributed by atoms with E-state index in [-0.39, 0.29) is 21.7 Å². The molecule has 1 saturated heterocycles. The van der Waals surface area contributed by atoms with Gasteiger partial charge in [0.2, 0.25) is 5.69 Å². The molecule has 1 aliphatic heterocycles. The summed E-state index contributed by atoms with van der Waals surface area (Å²) in [7, 11) is 0. The van der Waals surface area contributed by atoms with E-state index in [9.17, 15) is 20.1 Å². The Balaban J connectivity index is 2.67. The second kappa shape index (κ2) is 3.99. The lowest BCUT2D eigenvalue weighted by Gasteiger charge is -2.09. The van der Waals surface area contributed by atoms with Crippen LogP contribution in [0.2, 0.25) is 0 Å². The van der Waals surface area contributed by atoms with Crippen LogP contribution in [0.5, 0.6) is 0 Å². The van der Waals surface area contributed by atoms with Crippen molar-refractivity contribution in [3.8, 4) is 0 Å². The molecule has 0 saturated carbocycles. The minimum Gasteiger partial charge on any atom is -0.619 e. The Morgan fingerprint density at radius 2 is 1.94 bits per heavy atom. The lowest BCUT2D eigenvalue weighted by atomic mass is 10.1. The minimum atomic E-state index is -0.826. The van der Waals surface area contributed by atoms with Gasteiger partial charge >= 0.3 is 0 Å². The predicted octanol–water partition coefficient (Wildman–Crippen LogP) is 0.356. The Hall–Kier alpha value is -2.64. The predicted molar refractivity (Wildman–Crippen MR) is 64.2 cm³/mol. The SMILES string of the molecule is C=[N+]([O-])c1cc([N+](=O)[O-])c(N2CC2)cc1C(N)=O. The minimum absolute atomic E-state index is 0.0764. The molecule has 2 rings (SSSR count). The molecule has 1 heterocycles. The molecule has 0 unspecified atom stereocenters. The van der Waals surface area contributed by atoms with Crippen LogP contribution in [0.3, 0.4) is 0 Å². The average molecular weight is 250 g/mol. The van der Waals surface area contributed by atoms with Gasteiger partial charge < -0.3 is 15.8 Å². The third kappa shape index (κ3) is 1.95. The van der Waals surface area contributed by atoms with Gasteiger partial charge in [-0.1, -0.05) is 0 Å². The van der Waals surface area contributed by atoms with Crippen LogP contribution in [0, 0.1) is 15.3 Å². The van der Waals surface area contributed by atoms with E-state index in [1.807, 2.05) is 0 Å². The number of hydrogen-bond donors (Lipinski definition) is 1. The monoisotopic (exact) mass is 250 g/mol. The van der Waals surface area contributed by atoms with Crippen molar-refractivity contribution >= 4 is 29.7 Å². The molecular formula is C10H10N4O4. The molecule has 0 radical (unpaired) electrons. The maximum absolute atomic E-state index is 11.2. The number of nitrogens with two attached hydrogens (primary N) is 1. The van der Waals surface area contributed by atoms with Crippen molar-refractivity contribution in [1.29, 1.82) is 0 Å². The maximum atomic E-state index is 11.2. The van der Waals surface area contributed by atoms with Crippen LogP contribution in [0.25, 0.3) is 0 Å². The maximum Gasteiger partial charge on any atom is 0.299 e. The molecule has 1 fully saturated rings. The molecule has 0 aromatic heterocycles. The van der Waals surface area contributed by atoms with Crippen LogP contribution < -0.4 is 10.6 Å². The Morgan fingerprint density at radius 1 is 1.33 bits per heavy atom. The van der Waals surface area contributed by atoms with Crippen LogP contribution in [0.15, 0.2) is 12.1 Å². The molecule has 1 aromatic carbocycles. The molecule has 1 amide bonds. The van der Waals surface area contributed by atoms with Gasteiger partial charge in [0.1, 0.15) is 18.0 Å². The van der Waals surface area contributed by atoms with Gasteiger partial charge in [0.05, 0.1) is 11.0 Å². The molecule has 8 heteroatoms. The summed E-state index contributed by atoms with van der Waals surface area (Å²) < 4.78 is 0.138. The number of nitro groups is 1. The zero-order chi connectivity index (χ0) is 13.4. The van der Waals surface area contributed by atoms with Gasteiger partial charge in [-0.25, -0.2) is 0 Å². The molecule has 0 aliphatic carbocycles. The van der Waals surface area contributed by atoms with Crippen LogP contribution in [-0.2, 0) is 0 Å². The van der Waals surface area contributed by atoms with Crippen molar-refractivity contribution < 1.29 is 14.5 Å². The number of amides is 1. The fourth-order valence-electron chi connectivity index (χ4n) is 1.66. The van der Waals surface area contributed by atoms with Gasteiger partial charge in [-0.2, -0.15) is 4.74 Å². The van der Waals surface area contributed by atoms with Crippen molar-refractivity contribution in [2.45, 2.75) is 0 Å². The Labute approximate surface area is 102 Å². The van der Waals surface area contributed by atoms with E-state index in [0.29, 0.717) is 18.8 Å². The lowest BCUT2D eigenvalue weighted by molar-refractivity contribution is -0.386. The Morgan fingerprint density at radius 3 is 2.33 bits per heavy atom. The van der Waals surface area contributed by atoms with Gasteiger partial charge in [-0.3, -0.25) is 14.9 Å². The first-order valence-corrected chi connectivity index (χ1v) is 5.06. The van der Waals surface area contributed by atoms with E-state index in [1.54, 1.807) is 4.90 Å². The number of hydrogen-bond acceptors (Lipinski definition) is 5. The van der Waals surface area contributed by atoms with Crippen LogP contribution >= 0.6 is 0 Å². The number of anilines is 1. The summed E-state index contributed by atoms with van der Waals surface area (Å²) in [6.45, 7) is 4.42. The van der Waals surface area contributed by atoms with Crippen molar-refractivity contribution in [1.82, 2.24) is 0 Å². The van der Waals surface area contributed by atoms with Crippen molar-refractivity contribution in [3.63, 3.8) is 0 Å². The highest BCUT2D eigenvalue weighted by Crippen LogP contribution is 2.37. The normalized spacial score (nSPS) is 13.2. The fourth-order valence-corrected chi connectivity index (χ4v) is 1.66. The smallest absolute Gasteiger partial charge is 0.299 e. The van der Waals surface area contributed by atoms with Crippen LogP contribution in [0.1, 0.15) is 10.4 Å². The molecule has 2 N–H and O–H groups in total. The molecule has 18 heavy (non-hydrogen) atoms. The first-order valence-electron chi connectivity index (χ1n) is 5.06. The van der Waals surface area contributed by atoms with E-state index < -0.39 is 10.8 Å². The number of benzene rings is 1. The van der Waals surface area contributed by atoms with E-state index in [2.05, 4.69) is 6.72 Å². The van der Waals surface area contributed by atoms with E-state index in [1.165, 1.54) is 6.07 Å². The zero-order valence-corrected chi connectivity index (χ0v) is 9.33. The number of nitro benzene ring substituents is 1. The second-order valence-electron chi connectivity index (χ2n) is 3.84. The highest BCUT2D eigenvalue weighted by atomic mass is 16.6. The Kier molecular flexibility index (Phi) is 2.62. The van der Waals surface area contributed by atoms with E-state index in [0.717, 1.165) is 6.07 Å². The fraction of sp³-hybridized carbons (Fsp3) is 0.200. The zero-order valence-electron chi connectivity index (χ0n) is 9.33. The number of carbonyl (C=O) groups is 1. The molecule has 1 aliphatic rings. The first-order chi connectivity index (χ1) is 8.41. The van der Waals surface area contributed by atoms with E-state index >= 15 is 0 Å². The topological polar surface area (TPSA) is 115 Å². The summed E-state index contributed by atoms with van der Waals surface area (Å²) >= 11 is 0. The third-order valence-corrected chi connectivity index (χ3v) is 2.61. The molecule has 94 valence electrons. The molecule has 0 atom stereocenters. The van der Waals surface area contributed by atoms with Crippen LogP contribution in [0.4, 0.5) is 17.1 Å². The quantitative estimate of drug-likeness (QED) is 0.207. The van der Waals surface area contributed by atoms with Crippen LogP contribution in [-0.4, -0.2) is 35.4 Å². The van der Waals surface area contributed by atoms with E-state index in [4.69, 9.17) is 5.73 Å². The highest BCUT2D eigenvalue weighted by Gasteiger charge is 2.31. The van der Waals surface area contributed by atoms with Gasteiger partial charge in [-0.15, -0.1) is 0 Å². The molecule has 0 spiro atoms. The molecular weight excluding hydrogens is 240 g/mol.